The highest BCUT2D eigenvalue weighted by atomic mass is 32.2. The van der Waals surface area contributed by atoms with Crippen molar-refractivity contribution in [3.05, 3.63) is 24.3 Å². The monoisotopic (exact) mass is 285 g/mol. The highest BCUT2D eigenvalue weighted by Crippen LogP contribution is 2.31. The number of amides is 1. The van der Waals surface area contributed by atoms with Crippen LogP contribution in [0.2, 0.25) is 0 Å². The van der Waals surface area contributed by atoms with E-state index in [1.807, 2.05) is 6.07 Å². The molecule has 102 valence electrons. The maximum absolute atomic E-state index is 12.3. The van der Waals surface area contributed by atoms with Gasteiger partial charge in [-0.2, -0.15) is 14.0 Å². The average molecular weight is 285 g/mol. The molecule has 0 bridgehead atoms. The van der Waals surface area contributed by atoms with Gasteiger partial charge in [-0.3, -0.25) is 4.79 Å². The first-order valence-corrected chi connectivity index (χ1v) is 6.43. The summed E-state index contributed by atoms with van der Waals surface area (Å²) in [4.78, 5) is 11.8. The highest BCUT2D eigenvalue weighted by Gasteiger charge is 2.10. The number of carbonyl (C=O) groups excluding carboxylic acids is 1. The molecule has 1 aromatic carbocycles. The molecule has 0 saturated carbocycles. The normalized spacial score (nSPS) is 10.0. The fraction of sp³-hybridized carbons (Fsp3) is 0.333. The molecule has 0 saturated heterocycles. The Morgan fingerprint density at radius 3 is 2.84 bits per heavy atom. The molecule has 0 aromatic heterocycles. The van der Waals surface area contributed by atoms with Crippen molar-refractivity contribution in [1.29, 1.82) is 5.26 Å². The topological polar surface area (TPSA) is 64.9 Å². The first kappa shape index (κ1) is 15.2. The summed E-state index contributed by atoms with van der Waals surface area (Å²) in [6, 6.07) is 8.46. The van der Waals surface area contributed by atoms with Gasteiger partial charge in [0.05, 0.1) is 19.0 Å². The summed E-state index contributed by atoms with van der Waals surface area (Å²) >= 11 is 0.428. The molecule has 7 heteroatoms. The SMILES string of the molecule is N#CCCNC(=O)CNc1ccccc1SC(F)F. The Bertz CT molecular complexity index is 463. The van der Waals surface area contributed by atoms with Crippen LogP contribution in [0, 0.1) is 11.3 Å². The van der Waals surface area contributed by atoms with E-state index < -0.39 is 5.76 Å². The number of nitrogens with zero attached hydrogens (tertiary/aromatic N) is 1. The van der Waals surface area contributed by atoms with Crippen LogP contribution in [0.5, 0.6) is 0 Å². The summed E-state index contributed by atoms with van der Waals surface area (Å²) in [7, 11) is 0. The standard InChI is InChI=1S/C12H13F2N3OS/c13-12(14)19-10-5-2-1-4-9(10)17-8-11(18)16-7-3-6-15/h1-2,4-5,12,17H,3,7-8H2,(H,16,18). The molecule has 1 amide bonds. The number of para-hydroxylation sites is 1. The summed E-state index contributed by atoms with van der Waals surface area (Å²) < 4.78 is 24.7. The van der Waals surface area contributed by atoms with Gasteiger partial charge in [0.25, 0.3) is 5.76 Å². The van der Waals surface area contributed by atoms with E-state index in [4.69, 9.17) is 5.26 Å². The minimum absolute atomic E-state index is 0.0216. The van der Waals surface area contributed by atoms with E-state index in [-0.39, 0.29) is 25.4 Å². The van der Waals surface area contributed by atoms with Gasteiger partial charge in [0.15, 0.2) is 0 Å². The lowest BCUT2D eigenvalue weighted by atomic mass is 10.3. The van der Waals surface area contributed by atoms with Gasteiger partial charge in [-0.1, -0.05) is 23.9 Å². The molecule has 0 aliphatic rings. The van der Waals surface area contributed by atoms with Crippen molar-refractivity contribution in [1.82, 2.24) is 5.32 Å². The van der Waals surface area contributed by atoms with Crippen molar-refractivity contribution in [2.75, 3.05) is 18.4 Å². The Hall–Kier alpha value is -1.81. The van der Waals surface area contributed by atoms with Gasteiger partial charge in [-0.05, 0) is 12.1 Å². The van der Waals surface area contributed by atoms with Gasteiger partial charge >= 0.3 is 0 Å². The maximum atomic E-state index is 12.3. The van der Waals surface area contributed by atoms with Crippen LogP contribution in [-0.4, -0.2) is 24.8 Å². The van der Waals surface area contributed by atoms with Crippen LogP contribution in [-0.2, 0) is 4.79 Å². The van der Waals surface area contributed by atoms with Crippen molar-refractivity contribution < 1.29 is 13.6 Å². The molecule has 0 aliphatic heterocycles. The first-order valence-electron chi connectivity index (χ1n) is 5.55. The second-order valence-electron chi connectivity index (χ2n) is 3.49. The van der Waals surface area contributed by atoms with Gasteiger partial charge in [0.1, 0.15) is 0 Å². The molecule has 4 nitrogen and oxygen atoms in total. The van der Waals surface area contributed by atoms with Crippen molar-refractivity contribution in [3.63, 3.8) is 0 Å². The quantitative estimate of drug-likeness (QED) is 0.596. The van der Waals surface area contributed by atoms with Crippen LogP contribution in [0.3, 0.4) is 0 Å². The van der Waals surface area contributed by atoms with Crippen LogP contribution in [0.4, 0.5) is 14.5 Å². The maximum Gasteiger partial charge on any atom is 0.288 e. The molecule has 0 radical (unpaired) electrons. The van der Waals surface area contributed by atoms with Gasteiger partial charge in [-0.15, -0.1) is 0 Å². The Morgan fingerprint density at radius 1 is 1.42 bits per heavy atom. The number of benzene rings is 1. The summed E-state index contributed by atoms with van der Waals surface area (Å²) in [6.45, 7) is 0.261. The summed E-state index contributed by atoms with van der Waals surface area (Å²) in [5.74, 6) is -2.79. The molecule has 0 fully saturated rings. The predicted molar refractivity (Wildman–Crippen MR) is 70.0 cm³/mol. The van der Waals surface area contributed by atoms with Gasteiger partial charge in [-0.25, -0.2) is 0 Å². The molecule has 0 spiro atoms. The molecule has 1 aromatic rings. The lowest BCUT2D eigenvalue weighted by molar-refractivity contribution is -0.119. The summed E-state index contributed by atoms with van der Waals surface area (Å²) in [5, 5.41) is 13.6. The zero-order chi connectivity index (χ0) is 14.1. The predicted octanol–water partition coefficient (Wildman–Crippen LogP) is 2.44. The molecule has 0 aliphatic carbocycles. The van der Waals surface area contributed by atoms with Gasteiger partial charge in [0, 0.05) is 17.1 Å². The lowest BCUT2D eigenvalue weighted by Gasteiger charge is -2.11. The number of rotatable bonds is 7. The number of nitriles is 1. The summed E-state index contributed by atoms with van der Waals surface area (Å²) in [6.07, 6.45) is 0.240. The number of nitrogens with one attached hydrogen (secondary N) is 2. The minimum atomic E-state index is -2.51. The van der Waals surface area contributed by atoms with E-state index in [0.717, 1.165) is 0 Å². The second kappa shape index (κ2) is 8.32. The van der Waals surface area contributed by atoms with E-state index in [9.17, 15) is 13.6 Å². The van der Waals surface area contributed by atoms with Crippen molar-refractivity contribution in [3.8, 4) is 6.07 Å². The van der Waals surface area contributed by atoms with Crippen LogP contribution < -0.4 is 10.6 Å². The van der Waals surface area contributed by atoms with E-state index in [0.29, 0.717) is 22.3 Å². The van der Waals surface area contributed by atoms with Gasteiger partial charge in [0.2, 0.25) is 5.91 Å². The van der Waals surface area contributed by atoms with Crippen molar-refractivity contribution >= 4 is 23.4 Å². The fourth-order valence-electron chi connectivity index (χ4n) is 1.31. The zero-order valence-electron chi connectivity index (χ0n) is 10.0. The Morgan fingerprint density at radius 2 is 2.16 bits per heavy atom. The van der Waals surface area contributed by atoms with Crippen molar-refractivity contribution in [2.45, 2.75) is 17.1 Å². The number of carbonyl (C=O) groups is 1. The molecule has 2 N–H and O–H groups in total. The molecule has 19 heavy (non-hydrogen) atoms. The van der Waals surface area contributed by atoms with Crippen LogP contribution in [0.25, 0.3) is 0 Å². The van der Waals surface area contributed by atoms with E-state index in [2.05, 4.69) is 10.6 Å². The van der Waals surface area contributed by atoms with Crippen LogP contribution >= 0.6 is 11.8 Å². The van der Waals surface area contributed by atoms with Crippen LogP contribution in [0.1, 0.15) is 6.42 Å². The Kier molecular flexibility index (Phi) is 6.68. The van der Waals surface area contributed by atoms with Crippen LogP contribution in [0.15, 0.2) is 29.2 Å². The Labute approximate surface area is 114 Å². The third kappa shape index (κ3) is 6.06. The van der Waals surface area contributed by atoms with Gasteiger partial charge < -0.3 is 10.6 Å². The second-order valence-corrected chi connectivity index (χ2v) is 4.52. The number of hydrogen-bond acceptors (Lipinski definition) is 4. The average Bonchev–Trinajstić information content (AvgIpc) is 2.37. The largest absolute Gasteiger partial charge is 0.375 e. The van der Waals surface area contributed by atoms with E-state index in [1.165, 1.54) is 0 Å². The molecule has 1 rings (SSSR count). The number of alkyl halides is 2. The molecular weight excluding hydrogens is 272 g/mol. The third-order valence-electron chi connectivity index (χ3n) is 2.10. The number of halogens is 2. The number of thioether (sulfide) groups is 1. The van der Waals surface area contributed by atoms with E-state index >= 15 is 0 Å². The molecule has 0 heterocycles. The lowest BCUT2D eigenvalue weighted by Crippen LogP contribution is -2.30. The number of anilines is 1. The van der Waals surface area contributed by atoms with E-state index in [1.54, 1.807) is 24.3 Å². The smallest absolute Gasteiger partial charge is 0.288 e. The molecule has 0 unspecified atom stereocenters. The minimum Gasteiger partial charge on any atom is -0.375 e. The fourth-order valence-corrected chi connectivity index (χ4v) is 1.92. The number of hydrogen-bond donors (Lipinski definition) is 2. The molecule has 0 atom stereocenters. The zero-order valence-corrected chi connectivity index (χ0v) is 10.8. The Balaban J connectivity index is 2.48. The first-order chi connectivity index (χ1) is 9.13. The van der Waals surface area contributed by atoms with Crippen molar-refractivity contribution in [2.24, 2.45) is 0 Å². The summed E-state index contributed by atoms with van der Waals surface area (Å²) in [5.41, 5.74) is 0.489. The molecular formula is C12H13F2N3OS. The third-order valence-corrected chi connectivity index (χ3v) is 2.89. The highest BCUT2D eigenvalue weighted by molar-refractivity contribution is 7.99.